The molecular formula is C20H29N7O4S. The van der Waals surface area contributed by atoms with Gasteiger partial charge in [0.15, 0.2) is 5.96 Å². The standard InChI is InChI=1S/C20H29N7O4S/c1-32(30,31)25-13-12-23-18(28)16(8-5-11-24-20(21)22)27-19(29)17-10-9-15(26-17)14-6-3-2-4-7-14/h2-4,6-7,9-10,16,25-26H,5,8,11-13H2,1H3,(H,23,28)(H,27,29)(H4,21,22,24)/t16-/m1/s1. The molecule has 1 aromatic carbocycles. The fraction of sp³-hybridized carbons (Fsp3) is 0.350. The number of aromatic amines is 1. The number of guanidine groups is 1. The van der Waals surface area contributed by atoms with Crippen molar-refractivity contribution in [1.82, 2.24) is 20.3 Å². The van der Waals surface area contributed by atoms with Gasteiger partial charge < -0.3 is 27.1 Å². The molecule has 32 heavy (non-hydrogen) atoms. The fourth-order valence-corrected chi connectivity index (χ4v) is 3.34. The van der Waals surface area contributed by atoms with Crippen LogP contribution in [0.25, 0.3) is 11.3 Å². The van der Waals surface area contributed by atoms with E-state index in [1.807, 2.05) is 30.3 Å². The molecule has 0 aliphatic rings. The molecule has 2 amide bonds. The minimum atomic E-state index is -3.36. The van der Waals surface area contributed by atoms with Crippen molar-refractivity contribution in [1.29, 1.82) is 0 Å². The van der Waals surface area contributed by atoms with E-state index in [-0.39, 0.29) is 19.0 Å². The summed E-state index contributed by atoms with van der Waals surface area (Å²) in [6, 6.07) is 12.1. The number of aromatic nitrogens is 1. The van der Waals surface area contributed by atoms with Crippen LogP contribution in [0.1, 0.15) is 23.3 Å². The van der Waals surface area contributed by atoms with Gasteiger partial charge in [-0.05, 0) is 30.5 Å². The molecule has 11 nitrogen and oxygen atoms in total. The molecule has 2 rings (SSSR count). The summed E-state index contributed by atoms with van der Waals surface area (Å²) in [7, 11) is -3.36. The zero-order chi connectivity index (χ0) is 23.6. The van der Waals surface area contributed by atoms with Gasteiger partial charge in [0.25, 0.3) is 5.91 Å². The highest BCUT2D eigenvalue weighted by atomic mass is 32.2. The van der Waals surface area contributed by atoms with Gasteiger partial charge in [-0.3, -0.25) is 14.6 Å². The summed E-state index contributed by atoms with van der Waals surface area (Å²) in [5.41, 5.74) is 12.6. The van der Waals surface area contributed by atoms with Crippen LogP contribution in [-0.2, 0) is 14.8 Å². The normalized spacial score (nSPS) is 12.0. The Kier molecular flexibility index (Phi) is 9.22. The fourth-order valence-electron chi connectivity index (χ4n) is 2.87. The van der Waals surface area contributed by atoms with E-state index in [0.717, 1.165) is 17.5 Å². The SMILES string of the molecule is CS(=O)(=O)NCCNC(=O)[C@@H](CCCN=C(N)N)NC(=O)c1ccc(-c2ccccc2)[nH]1. The predicted molar refractivity (Wildman–Crippen MR) is 123 cm³/mol. The highest BCUT2D eigenvalue weighted by molar-refractivity contribution is 7.88. The number of benzene rings is 1. The Balaban J connectivity index is 2.01. The summed E-state index contributed by atoms with van der Waals surface area (Å²) in [6.45, 7) is 0.418. The van der Waals surface area contributed by atoms with Gasteiger partial charge >= 0.3 is 0 Å². The van der Waals surface area contributed by atoms with Crippen LogP contribution in [0.15, 0.2) is 47.5 Å². The molecule has 0 spiro atoms. The smallest absolute Gasteiger partial charge is 0.268 e. The maximum Gasteiger partial charge on any atom is 0.268 e. The van der Waals surface area contributed by atoms with Crippen LogP contribution in [-0.4, -0.2) is 63.1 Å². The second-order valence-electron chi connectivity index (χ2n) is 7.08. The van der Waals surface area contributed by atoms with Gasteiger partial charge in [-0.25, -0.2) is 13.1 Å². The second kappa shape index (κ2) is 11.9. The van der Waals surface area contributed by atoms with Gasteiger partial charge in [0, 0.05) is 25.3 Å². The largest absolute Gasteiger partial charge is 0.370 e. The number of rotatable bonds is 12. The molecule has 1 aromatic heterocycles. The maximum atomic E-state index is 12.7. The van der Waals surface area contributed by atoms with Crippen molar-refractivity contribution in [2.24, 2.45) is 16.5 Å². The lowest BCUT2D eigenvalue weighted by atomic mass is 10.1. The van der Waals surface area contributed by atoms with Crippen molar-refractivity contribution in [2.75, 3.05) is 25.9 Å². The number of hydrogen-bond donors (Lipinski definition) is 6. The van der Waals surface area contributed by atoms with E-state index in [4.69, 9.17) is 11.5 Å². The second-order valence-corrected chi connectivity index (χ2v) is 8.92. The Bertz CT molecular complexity index is 1030. The van der Waals surface area contributed by atoms with E-state index < -0.39 is 27.9 Å². The highest BCUT2D eigenvalue weighted by Crippen LogP contribution is 2.18. The Morgan fingerprint density at radius 3 is 2.47 bits per heavy atom. The molecule has 0 aliphatic carbocycles. The molecule has 0 saturated carbocycles. The third-order valence-electron chi connectivity index (χ3n) is 4.37. The number of nitrogens with one attached hydrogen (secondary N) is 4. The van der Waals surface area contributed by atoms with Crippen LogP contribution in [0, 0.1) is 0 Å². The topological polar surface area (TPSA) is 185 Å². The van der Waals surface area contributed by atoms with E-state index in [2.05, 4.69) is 25.3 Å². The van der Waals surface area contributed by atoms with Gasteiger partial charge in [-0.2, -0.15) is 0 Å². The van der Waals surface area contributed by atoms with Gasteiger partial charge in [-0.15, -0.1) is 0 Å². The summed E-state index contributed by atoms with van der Waals surface area (Å²) in [4.78, 5) is 32.2. The summed E-state index contributed by atoms with van der Waals surface area (Å²) in [5, 5.41) is 5.33. The number of carbonyl (C=O) groups is 2. The molecule has 0 radical (unpaired) electrons. The van der Waals surface area contributed by atoms with Gasteiger partial charge in [0.1, 0.15) is 11.7 Å². The highest BCUT2D eigenvalue weighted by Gasteiger charge is 2.22. The molecule has 0 saturated heterocycles. The predicted octanol–water partition coefficient (Wildman–Crippen LogP) is -0.501. The number of nitrogens with two attached hydrogens (primary N) is 2. The van der Waals surface area contributed by atoms with Crippen molar-refractivity contribution >= 4 is 27.8 Å². The number of amides is 2. The van der Waals surface area contributed by atoms with E-state index in [1.165, 1.54) is 0 Å². The van der Waals surface area contributed by atoms with Gasteiger partial charge in [0.2, 0.25) is 15.9 Å². The number of carbonyl (C=O) groups excluding carboxylic acids is 2. The first-order valence-electron chi connectivity index (χ1n) is 9.99. The zero-order valence-electron chi connectivity index (χ0n) is 17.8. The Morgan fingerprint density at radius 1 is 1.09 bits per heavy atom. The first-order chi connectivity index (χ1) is 15.2. The third kappa shape index (κ3) is 8.78. The Hall–Kier alpha value is -3.38. The molecule has 0 unspecified atom stereocenters. The van der Waals surface area contributed by atoms with Gasteiger partial charge in [0.05, 0.1) is 6.26 Å². The van der Waals surface area contributed by atoms with Crippen molar-refractivity contribution in [3.05, 3.63) is 48.2 Å². The van der Waals surface area contributed by atoms with Crippen LogP contribution in [0.4, 0.5) is 0 Å². The van der Waals surface area contributed by atoms with Gasteiger partial charge in [-0.1, -0.05) is 30.3 Å². The molecule has 0 bridgehead atoms. The summed E-state index contributed by atoms with van der Waals surface area (Å²) >= 11 is 0. The first-order valence-corrected chi connectivity index (χ1v) is 11.9. The number of aliphatic imine (C=N–C) groups is 1. The molecular weight excluding hydrogens is 434 g/mol. The summed E-state index contributed by atoms with van der Waals surface area (Å²) in [5.74, 6) is -0.932. The van der Waals surface area contributed by atoms with E-state index in [1.54, 1.807) is 12.1 Å². The summed E-state index contributed by atoms with van der Waals surface area (Å²) in [6.07, 6.45) is 1.78. The van der Waals surface area contributed by atoms with Crippen molar-refractivity contribution in [2.45, 2.75) is 18.9 Å². The Morgan fingerprint density at radius 2 is 1.81 bits per heavy atom. The van der Waals surface area contributed by atoms with Crippen molar-refractivity contribution in [3.63, 3.8) is 0 Å². The molecule has 1 atom stereocenters. The monoisotopic (exact) mass is 463 g/mol. The van der Waals surface area contributed by atoms with Crippen molar-refractivity contribution < 1.29 is 18.0 Å². The summed E-state index contributed by atoms with van der Waals surface area (Å²) < 4.78 is 24.5. The minimum absolute atomic E-state index is 0.0380. The number of H-pyrrole nitrogens is 1. The number of hydrogen-bond acceptors (Lipinski definition) is 5. The number of nitrogens with zero attached hydrogens (tertiary/aromatic N) is 1. The quantitative estimate of drug-likeness (QED) is 0.140. The van der Waals surface area contributed by atoms with Crippen LogP contribution in [0.3, 0.4) is 0 Å². The molecule has 12 heteroatoms. The third-order valence-corrected chi connectivity index (χ3v) is 5.10. The average molecular weight is 464 g/mol. The lowest BCUT2D eigenvalue weighted by Crippen LogP contribution is -2.48. The van der Waals surface area contributed by atoms with E-state index in [0.29, 0.717) is 25.1 Å². The molecule has 1 heterocycles. The van der Waals surface area contributed by atoms with Crippen molar-refractivity contribution in [3.8, 4) is 11.3 Å². The molecule has 0 fully saturated rings. The average Bonchev–Trinajstić information content (AvgIpc) is 3.23. The van der Waals surface area contributed by atoms with Crippen LogP contribution >= 0.6 is 0 Å². The van der Waals surface area contributed by atoms with Crippen LogP contribution in [0.5, 0.6) is 0 Å². The Labute approximate surface area is 187 Å². The zero-order valence-corrected chi connectivity index (χ0v) is 18.6. The molecule has 2 aromatic rings. The van der Waals surface area contributed by atoms with Crippen LogP contribution < -0.4 is 26.8 Å². The number of sulfonamides is 1. The molecule has 174 valence electrons. The van der Waals surface area contributed by atoms with Crippen LogP contribution in [0.2, 0.25) is 0 Å². The molecule has 0 aliphatic heterocycles. The van der Waals surface area contributed by atoms with E-state index >= 15 is 0 Å². The van der Waals surface area contributed by atoms with E-state index in [9.17, 15) is 18.0 Å². The lowest BCUT2D eigenvalue weighted by Gasteiger charge is -2.18. The lowest BCUT2D eigenvalue weighted by molar-refractivity contribution is -0.123. The molecule has 8 N–H and O–H groups in total. The minimum Gasteiger partial charge on any atom is -0.370 e. The maximum absolute atomic E-state index is 12.7. The first kappa shape index (κ1) is 24.9.